The molecule has 0 fully saturated rings. The maximum atomic E-state index is 10.2. The van der Waals surface area contributed by atoms with E-state index in [9.17, 15) is 4.79 Å². The van der Waals surface area contributed by atoms with Gasteiger partial charge in [0.15, 0.2) is 0 Å². The van der Waals surface area contributed by atoms with Crippen LogP contribution in [0.15, 0.2) is 6.07 Å². The van der Waals surface area contributed by atoms with Gasteiger partial charge in [-0.3, -0.25) is 9.89 Å². The van der Waals surface area contributed by atoms with Crippen molar-refractivity contribution in [3.8, 4) is 0 Å². The van der Waals surface area contributed by atoms with Gasteiger partial charge in [0.1, 0.15) is 5.69 Å². The Kier molecular flexibility index (Phi) is 1.81. The maximum absolute atomic E-state index is 10.2. The van der Waals surface area contributed by atoms with E-state index in [1.807, 2.05) is 20.8 Å². The molecule has 3 nitrogen and oxygen atoms in total. The molecular formula is C8H11N2O. The van der Waals surface area contributed by atoms with Crippen molar-refractivity contribution in [1.82, 2.24) is 10.2 Å². The SMILES string of the molecule is CC(C)(C)c1cc([C]=O)[nH]n1. The van der Waals surface area contributed by atoms with Crippen molar-refractivity contribution in [3.05, 3.63) is 17.5 Å². The second kappa shape index (κ2) is 2.49. The van der Waals surface area contributed by atoms with E-state index in [0.717, 1.165) is 5.69 Å². The Morgan fingerprint density at radius 2 is 2.18 bits per heavy atom. The Hall–Kier alpha value is -1.12. The Balaban J connectivity index is 2.98. The first-order valence-electron chi connectivity index (χ1n) is 3.48. The maximum Gasteiger partial charge on any atom is 0.252 e. The lowest BCUT2D eigenvalue weighted by Crippen LogP contribution is -2.11. The van der Waals surface area contributed by atoms with Crippen LogP contribution in [0.1, 0.15) is 32.2 Å². The minimum Gasteiger partial charge on any atom is -0.283 e. The van der Waals surface area contributed by atoms with Crippen LogP contribution in [0.5, 0.6) is 0 Å². The fourth-order valence-electron chi connectivity index (χ4n) is 0.758. The van der Waals surface area contributed by atoms with Gasteiger partial charge in [0.25, 0.3) is 6.29 Å². The molecule has 0 bridgehead atoms. The van der Waals surface area contributed by atoms with Crippen molar-refractivity contribution in [2.45, 2.75) is 26.2 Å². The Bertz CT molecular complexity index is 257. The molecule has 1 aromatic heterocycles. The van der Waals surface area contributed by atoms with Crippen molar-refractivity contribution < 1.29 is 4.79 Å². The van der Waals surface area contributed by atoms with Gasteiger partial charge in [-0.2, -0.15) is 5.10 Å². The summed E-state index contributed by atoms with van der Waals surface area (Å²) in [5.74, 6) is 0. The standard InChI is InChI=1S/C8H11N2O/c1-8(2,3)7-4-6(5-11)9-10-7/h4H,1-3H3,(H,9,10). The second-order valence-corrected chi connectivity index (χ2v) is 3.52. The third kappa shape index (κ3) is 1.67. The van der Waals surface area contributed by atoms with Crippen LogP contribution in [0, 0.1) is 0 Å². The molecule has 0 aliphatic carbocycles. The molecule has 1 heterocycles. The van der Waals surface area contributed by atoms with Crippen molar-refractivity contribution in [3.63, 3.8) is 0 Å². The van der Waals surface area contributed by atoms with Crippen LogP contribution in [-0.2, 0) is 10.2 Å². The number of carbonyl (C=O) groups excluding carboxylic acids is 1. The first kappa shape index (κ1) is 7.98. The molecule has 0 aliphatic rings. The van der Waals surface area contributed by atoms with Crippen molar-refractivity contribution >= 4 is 6.29 Å². The third-order valence-electron chi connectivity index (χ3n) is 1.46. The molecule has 0 amide bonds. The zero-order valence-electron chi connectivity index (χ0n) is 6.93. The molecule has 0 saturated carbocycles. The molecule has 0 atom stereocenters. The molecule has 0 aromatic carbocycles. The normalized spacial score (nSPS) is 11.5. The number of hydrogen-bond acceptors (Lipinski definition) is 2. The average Bonchev–Trinajstić information content (AvgIpc) is 2.32. The first-order chi connectivity index (χ1) is 5.04. The van der Waals surface area contributed by atoms with Crippen LogP contribution >= 0.6 is 0 Å². The lowest BCUT2D eigenvalue weighted by molar-refractivity contribution is 0.561. The van der Waals surface area contributed by atoms with Crippen LogP contribution in [-0.4, -0.2) is 16.5 Å². The summed E-state index contributed by atoms with van der Waals surface area (Å²) >= 11 is 0. The molecule has 1 rings (SSSR count). The summed E-state index contributed by atoms with van der Waals surface area (Å²) in [6, 6.07) is 1.72. The Morgan fingerprint density at radius 1 is 1.55 bits per heavy atom. The lowest BCUT2D eigenvalue weighted by atomic mass is 9.92. The van der Waals surface area contributed by atoms with E-state index in [-0.39, 0.29) is 5.41 Å². The van der Waals surface area contributed by atoms with E-state index in [1.54, 1.807) is 12.4 Å². The molecule has 0 aliphatic heterocycles. The number of rotatable bonds is 1. The van der Waals surface area contributed by atoms with Gasteiger partial charge in [0.2, 0.25) is 0 Å². The van der Waals surface area contributed by atoms with E-state index in [0.29, 0.717) is 5.69 Å². The summed E-state index contributed by atoms with van der Waals surface area (Å²) in [6.07, 6.45) is 1.75. The molecule has 1 radical (unpaired) electrons. The molecular weight excluding hydrogens is 140 g/mol. The van der Waals surface area contributed by atoms with Gasteiger partial charge in [-0.1, -0.05) is 20.8 Å². The summed E-state index contributed by atoms with van der Waals surface area (Å²) in [5.41, 5.74) is 1.29. The predicted molar refractivity (Wildman–Crippen MR) is 42.1 cm³/mol. The highest BCUT2D eigenvalue weighted by Gasteiger charge is 2.16. The lowest BCUT2D eigenvalue weighted by Gasteiger charge is -2.13. The van der Waals surface area contributed by atoms with E-state index in [2.05, 4.69) is 10.2 Å². The van der Waals surface area contributed by atoms with Crippen LogP contribution in [0.2, 0.25) is 0 Å². The number of H-pyrrole nitrogens is 1. The number of hydrogen-bond donors (Lipinski definition) is 1. The highest BCUT2D eigenvalue weighted by molar-refractivity contribution is 5.72. The second-order valence-electron chi connectivity index (χ2n) is 3.52. The van der Waals surface area contributed by atoms with E-state index in [1.165, 1.54) is 0 Å². The van der Waals surface area contributed by atoms with E-state index >= 15 is 0 Å². The van der Waals surface area contributed by atoms with Gasteiger partial charge in [-0.15, -0.1) is 0 Å². The molecule has 1 aromatic rings. The highest BCUT2D eigenvalue weighted by Crippen LogP contribution is 2.19. The van der Waals surface area contributed by atoms with E-state index in [4.69, 9.17) is 0 Å². The van der Waals surface area contributed by atoms with Gasteiger partial charge in [0.05, 0.1) is 5.69 Å². The van der Waals surface area contributed by atoms with Gasteiger partial charge in [-0.25, -0.2) is 0 Å². The summed E-state index contributed by atoms with van der Waals surface area (Å²) in [7, 11) is 0. The number of aromatic nitrogens is 2. The predicted octanol–water partition coefficient (Wildman–Crippen LogP) is 1.17. The minimum absolute atomic E-state index is 0.00833. The molecule has 11 heavy (non-hydrogen) atoms. The molecule has 59 valence electrons. The number of aromatic amines is 1. The van der Waals surface area contributed by atoms with Gasteiger partial charge >= 0.3 is 0 Å². The van der Waals surface area contributed by atoms with Crippen LogP contribution < -0.4 is 0 Å². The zero-order chi connectivity index (χ0) is 8.48. The fourth-order valence-corrected chi connectivity index (χ4v) is 0.758. The number of nitrogens with one attached hydrogen (secondary N) is 1. The van der Waals surface area contributed by atoms with Crippen LogP contribution in [0.3, 0.4) is 0 Å². The summed E-state index contributed by atoms with van der Waals surface area (Å²) < 4.78 is 0. The van der Waals surface area contributed by atoms with Crippen LogP contribution in [0.25, 0.3) is 0 Å². The van der Waals surface area contributed by atoms with Crippen molar-refractivity contribution in [2.75, 3.05) is 0 Å². The Morgan fingerprint density at radius 3 is 2.45 bits per heavy atom. The largest absolute Gasteiger partial charge is 0.283 e. The molecule has 0 spiro atoms. The fraction of sp³-hybridized carbons (Fsp3) is 0.500. The first-order valence-corrected chi connectivity index (χ1v) is 3.48. The smallest absolute Gasteiger partial charge is 0.252 e. The molecule has 0 saturated heterocycles. The molecule has 0 unspecified atom stereocenters. The average molecular weight is 151 g/mol. The zero-order valence-corrected chi connectivity index (χ0v) is 6.93. The Labute approximate surface area is 65.8 Å². The van der Waals surface area contributed by atoms with Crippen LogP contribution in [0.4, 0.5) is 0 Å². The van der Waals surface area contributed by atoms with Gasteiger partial charge < -0.3 is 0 Å². The quantitative estimate of drug-likeness (QED) is 0.654. The van der Waals surface area contributed by atoms with Crippen molar-refractivity contribution in [2.24, 2.45) is 0 Å². The summed E-state index contributed by atoms with van der Waals surface area (Å²) in [4.78, 5) is 10.2. The number of nitrogens with zero attached hydrogens (tertiary/aromatic N) is 1. The summed E-state index contributed by atoms with van der Waals surface area (Å²) in [6.45, 7) is 6.12. The highest BCUT2D eigenvalue weighted by atomic mass is 16.1. The topological polar surface area (TPSA) is 45.8 Å². The van der Waals surface area contributed by atoms with Crippen molar-refractivity contribution in [1.29, 1.82) is 0 Å². The third-order valence-corrected chi connectivity index (χ3v) is 1.46. The minimum atomic E-state index is -0.00833. The monoisotopic (exact) mass is 151 g/mol. The molecule has 1 N–H and O–H groups in total. The van der Waals surface area contributed by atoms with E-state index < -0.39 is 0 Å². The molecule has 3 heteroatoms. The van der Waals surface area contributed by atoms with Gasteiger partial charge in [-0.05, 0) is 6.07 Å². The summed E-state index contributed by atoms with van der Waals surface area (Å²) in [5, 5.41) is 6.56. The van der Waals surface area contributed by atoms with Gasteiger partial charge in [0, 0.05) is 5.41 Å².